The molecule has 1 N–H and O–H groups in total. The SMILES string of the molecule is COc1cnc(C)cc1C(=O)NCCCn1nc(C)nc1C. The first kappa shape index (κ1) is 15.9. The summed E-state index contributed by atoms with van der Waals surface area (Å²) in [5, 5.41) is 7.18. The second kappa shape index (κ2) is 7.02. The van der Waals surface area contributed by atoms with Gasteiger partial charge in [0.05, 0.1) is 18.9 Å². The first-order valence-corrected chi connectivity index (χ1v) is 7.18. The van der Waals surface area contributed by atoms with Crippen LogP contribution in [0.3, 0.4) is 0 Å². The first-order chi connectivity index (χ1) is 10.5. The Balaban J connectivity index is 1.88. The average Bonchev–Trinajstić information content (AvgIpc) is 2.81. The Morgan fingerprint density at radius 2 is 2.14 bits per heavy atom. The molecule has 0 saturated heterocycles. The third-order valence-electron chi connectivity index (χ3n) is 3.26. The lowest BCUT2D eigenvalue weighted by Gasteiger charge is -2.10. The number of rotatable bonds is 6. The number of nitrogens with one attached hydrogen (secondary N) is 1. The third kappa shape index (κ3) is 3.81. The minimum Gasteiger partial charge on any atom is -0.494 e. The predicted octanol–water partition coefficient (Wildman–Crippen LogP) is 1.43. The molecule has 7 heteroatoms. The molecule has 0 spiro atoms. The molecule has 0 aliphatic carbocycles. The van der Waals surface area contributed by atoms with Crippen LogP contribution in [0.25, 0.3) is 0 Å². The van der Waals surface area contributed by atoms with Gasteiger partial charge in [-0.25, -0.2) is 4.98 Å². The summed E-state index contributed by atoms with van der Waals surface area (Å²) in [7, 11) is 1.53. The normalized spacial score (nSPS) is 10.5. The van der Waals surface area contributed by atoms with Crippen molar-refractivity contribution in [3.05, 3.63) is 35.2 Å². The maximum atomic E-state index is 12.2. The molecule has 118 valence electrons. The fraction of sp³-hybridized carbons (Fsp3) is 0.467. The van der Waals surface area contributed by atoms with Crippen LogP contribution in [-0.4, -0.2) is 39.3 Å². The van der Waals surface area contributed by atoms with Gasteiger partial charge in [0, 0.05) is 18.8 Å². The van der Waals surface area contributed by atoms with Crippen LogP contribution in [0.1, 0.15) is 34.1 Å². The molecule has 2 heterocycles. The van der Waals surface area contributed by atoms with E-state index in [1.807, 2.05) is 25.5 Å². The molecule has 2 aromatic rings. The van der Waals surface area contributed by atoms with Crippen molar-refractivity contribution < 1.29 is 9.53 Å². The number of hydrogen-bond donors (Lipinski definition) is 1. The van der Waals surface area contributed by atoms with Crippen LogP contribution in [-0.2, 0) is 6.54 Å². The number of pyridine rings is 1. The van der Waals surface area contributed by atoms with Crippen molar-refractivity contribution in [3.8, 4) is 5.75 Å². The highest BCUT2D eigenvalue weighted by Gasteiger charge is 2.12. The molecule has 22 heavy (non-hydrogen) atoms. The molecule has 0 radical (unpaired) electrons. The minimum atomic E-state index is -0.158. The molecule has 2 aromatic heterocycles. The zero-order chi connectivity index (χ0) is 16.1. The molecular formula is C15H21N5O2. The molecule has 0 aromatic carbocycles. The minimum absolute atomic E-state index is 0.158. The molecule has 2 rings (SSSR count). The van der Waals surface area contributed by atoms with Crippen molar-refractivity contribution in [1.29, 1.82) is 0 Å². The molecule has 7 nitrogen and oxygen atoms in total. The van der Waals surface area contributed by atoms with Gasteiger partial charge in [-0.1, -0.05) is 0 Å². The lowest BCUT2D eigenvalue weighted by atomic mass is 10.2. The van der Waals surface area contributed by atoms with Crippen LogP contribution >= 0.6 is 0 Å². The van der Waals surface area contributed by atoms with Crippen LogP contribution in [0.5, 0.6) is 5.75 Å². The molecule has 0 bridgehead atoms. The monoisotopic (exact) mass is 303 g/mol. The highest BCUT2D eigenvalue weighted by atomic mass is 16.5. The molecular weight excluding hydrogens is 282 g/mol. The lowest BCUT2D eigenvalue weighted by Crippen LogP contribution is -2.26. The van der Waals surface area contributed by atoms with Gasteiger partial charge in [0.15, 0.2) is 0 Å². The number of nitrogens with zero attached hydrogens (tertiary/aromatic N) is 4. The van der Waals surface area contributed by atoms with Crippen molar-refractivity contribution in [2.75, 3.05) is 13.7 Å². The smallest absolute Gasteiger partial charge is 0.255 e. The standard InChI is InChI=1S/C15H21N5O2/c1-10-8-13(14(22-4)9-17-10)15(21)16-6-5-7-20-12(3)18-11(2)19-20/h8-9H,5-7H2,1-4H3,(H,16,21). The van der Waals surface area contributed by atoms with E-state index in [-0.39, 0.29) is 5.91 Å². The topological polar surface area (TPSA) is 81.9 Å². The van der Waals surface area contributed by atoms with E-state index >= 15 is 0 Å². The van der Waals surface area contributed by atoms with Gasteiger partial charge in [-0.3, -0.25) is 14.5 Å². The van der Waals surface area contributed by atoms with E-state index in [4.69, 9.17) is 4.74 Å². The van der Waals surface area contributed by atoms with E-state index in [0.717, 1.165) is 30.3 Å². The Morgan fingerprint density at radius 1 is 1.36 bits per heavy atom. The van der Waals surface area contributed by atoms with Gasteiger partial charge in [0.1, 0.15) is 17.4 Å². The largest absolute Gasteiger partial charge is 0.494 e. The predicted molar refractivity (Wildman–Crippen MR) is 82.0 cm³/mol. The van der Waals surface area contributed by atoms with Crippen LogP contribution in [0.4, 0.5) is 0 Å². The Labute approximate surface area is 129 Å². The number of hydrogen-bond acceptors (Lipinski definition) is 5. The summed E-state index contributed by atoms with van der Waals surface area (Å²) in [6, 6.07) is 1.72. The molecule has 0 atom stereocenters. The van der Waals surface area contributed by atoms with Gasteiger partial charge in [0.2, 0.25) is 0 Å². The van der Waals surface area contributed by atoms with Crippen molar-refractivity contribution in [2.24, 2.45) is 0 Å². The number of aromatic nitrogens is 4. The lowest BCUT2D eigenvalue weighted by molar-refractivity contribution is 0.0949. The first-order valence-electron chi connectivity index (χ1n) is 7.18. The second-order valence-corrected chi connectivity index (χ2v) is 5.06. The van der Waals surface area contributed by atoms with E-state index in [2.05, 4.69) is 20.4 Å². The average molecular weight is 303 g/mol. The summed E-state index contributed by atoms with van der Waals surface area (Å²) >= 11 is 0. The van der Waals surface area contributed by atoms with E-state index in [9.17, 15) is 4.79 Å². The Bertz CT molecular complexity index is 666. The number of carbonyl (C=O) groups excluding carboxylic acids is 1. The van der Waals surface area contributed by atoms with Crippen LogP contribution < -0.4 is 10.1 Å². The summed E-state index contributed by atoms with van der Waals surface area (Å²) < 4.78 is 7.02. The van der Waals surface area contributed by atoms with E-state index in [1.165, 1.54) is 7.11 Å². The molecule has 0 aliphatic heterocycles. The van der Waals surface area contributed by atoms with Crippen molar-refractivity contribution in [2.45, 2.75) is 33.7 Å². The van der Waals surface area contributed by atoms with E-state index < -0.39 is 0 Å². The zero-order valence-corrected chi connectivity index (χ0v) is 13.4. The van der Waals surface area contributed by atoms with Crippen LogP contribution in [0.2, 0.25) is 0 Å². The highest BCUT2D eigenvalue weighted by molar-refractivity contribution is 5.96. The van der Waals surface area contributed by atoms with Crippen molar-refractivity contribution in [3.63, 3.8) is 0 Å². The summed E-state index contributed by atoms with van der Waals surface area (Å²) in [6.45, 7) is 6.90. The summed E-state index contributed by atoms with van der Waals surface area (Å²) in [4.78, 5) is 20.6. The molecule has 0 aliphatic rings. The quantitative estimate of drug-likeness (QED) is 0.816. The maximum absolute atomic E-state index is 12.2. The van der Waals surface area contributed by atoms with Gasteiger partial charge in [0.25, 0.3) is 5.91 Å². The third-order valence-corrected chi connectivity index (χ3v) is 3.26. The van der Waals surface area contributed by atoms with Crippen molar-refractivity contribution in [1.82, 2.24) is 25.1 Å². The van der Waals surface area contributed by atoms with Gasteiger partial charge in [-0.05, 0) is 33.3 Å². The van der Waals surface area contributed by atoms with Gasteiger partial charge in [-0.2, -0.15) is 5.10 Å². The van der Waals surface area contributed by atoms with Gasteiger partial charge >= 0.3 is 0 Å². The number of aryl methyl sites for hydroxylation is 4. The van der Waals surface area contributed by atoms with Crippen molar-refractivity contribution >= 4 is 5.91 Å². The Morgan fingerprint density at radius 3 is 2.77 bits per heavy atom. The number of methoxy groups -OCH3 is 1. The fourth-order valence-corrected chi connectivity index (χ4v) is 2.19. The fourth-order valence-electron chi connectivity index (χ4n) is 2.19. The number of carbonyl (C=O) groups is 1. The molecule has 0 fully saturated rings. The molecule has 1 amide bonds. The number of amides is 1. The van der Waals surface area contributed by atoms with E-state index in [1.54, 1.807) is 12.3 Å². The van der Waals surface area contributed by atoms with E-state index in [0.29, 0.717) is 17.9 Å². The summed E-state index contributed by atoms with van der Waals surface area (Å²) in [6.07, 6.45) is 2.34. The number of ether oxygens (including phenoxy) is 1. The Kier molecular flexibility index (Phi) is 5.08. The molecule has 0 unspecified atom stereocenters. The highest BCUT2D eigenvalue weighted by Crippen LogP contribution is 2.17. The van der Waals surface area contributed by atoms with Gasteiger partial charge < -0.3 is 10.1 Å². The molecule has 0 saturated carbocycles. The van der Waals surface area contributed by atoms with Crippen LogP contribution in [0, 0.1) is 20.8 Å². The maximum Gasteiger partial charge on any atom is 0.255 e. The second-order valence-electron chi connectivity index (χ2n) is 5.06. The summed E-state index contributed by atoms with van der Waals surface area (Å²) in [5.74, 6) is 1.97. The van der Waals surface area contributed by atoms with Crippen LogP contribution in [0.15, 0.2) is 12.3 Å². The zero-order valence-electron chi connectivity index (χ0n) is 13.4. The van der Waals surface area contributed by atoms with Gasteiger partial charge in [-0.15, -0.1) is 0 Å². The Hall–Kier alpha value is -2.44. The summed E-state index contributed by atoms with van der Waals surface area (Å²) in [5.41, 5.74) is 1.28.